The zero-order chi connectivity index (χ0) is 13.2. The highest BCUT2D eigenvalue weighted by molar-refractivity contribution is 4.91. The van der Waals surface area contributed by atoms with Crippen molar-refractivity contribution in [1.82, 2.24) is 9.80 Å². The Labute approximate surface area is 101 Å². The lowest BCUT2D eigenvalue weighted by Crippen LogP contribution is -2.62. The molecule has 1 fully saturated rings. The lowest BCUT2D eigenvalue weighted by molar-refractivity contribution is -0.195. The molecule has 0 bridgehead atoms. The number of rotatable bonds is 3. The van der Waals surface area contributed by atoms with Crippen molar-refractivity contribution in [3.63, 3.8) is 0 Å². The first kappa shape index (κ1) is 14.7. The molecule has 0 spiro atoms. The summed E-state index contributed by atoms with van der Waals surface area (Å²) >= 11 is 0. The largest absolute Gasteiger partial charge is 0.405 e. The Balaban J connectivity index is 2.78. The van der Waals surface area contributed by atoms with E-state index >= 15 is 0 Å². The maximum Gasteiger partial charge on any atom is 0.405 e. The van der Waals surface area contributed by atoms with Crippen LogP contribution >= 0.6 is 0 Å². The van der Waals surface area contributed by atoms with Crippen LogP contribution in [0, 0.1) is 0 Å². The third kappa shape index (κ3) is 3.56. The SMILES string of the molecule is CCC(N)C(N1CCN(C)C(C)C1)C(F)(F)F. The van der Waals surface area contributed by atoms with Gasteiger partial charge in [-0.2, -0.15) is 13.2 Å². The highest BCUT2D eigenvalue weighted by atomic mass is 19.4. The van der Waals surface area contributed by atoms with Crippen molar-refractivity contribution in [3.8, 4) is 0 Å². The molecule has 2 N–H and O–H groups in total. The van der Waals surface area contributed by atoms with Crippen LogP contribution in [-0.4, -0.2) is 60.8 Å². The number of nitrogens with zero attached hydrogens (tertiary/aromatic N) is 2. The van der Waals surface area contributed by atoms with E-state index in [4.69, 9.17) is 5.73 Å². The third-order valence-corrected chi connectivity index (χ3v) is 3.60. The molecule has 0 aromatic heterocycles. The molecule has 0 amide bonds. The van der Waals surface area contributed by atoms with Gasteiger partial charge < -0.3 is 10.6 Å². The molecule has 3 unspecified atom stereocenters. The Hall–Kier alpha value is -0.330. The molecule has 0 aliphatic carbocycles. The molecular weight excluding hydrogens is 231 g/mol. The predicted molar refractivity (Wildman–Crippen MR) is 61.8 cm³/mol. The molecule has 1 aliphatic rings. The fraction of sp³-hybridized carbons (Fsp3) is 1.00. The lowest BCUT2D eigenvalue weighted by Gasteiger charge is -2.43. The molecule has 102 valence electrons. The summed E-state index contributed by atoms with van der Waals surface area (Å²) in [5.74, 6) is 0. The van der Waals surface area contributed by atoms with Crippen LogP contribution in [0.15, 0.2) is 0 Å². The van der Waals surface area contributed by atoms with Crippen LogP contribution in [0.1, 0.15) is 20.3 Å². The summed E-state index contributed by atoms with van der Waals surface area (Å²) in [6, 6.07) is -2.22. The highest BCUT2D eigenvalue weighted by Crippen LogP contribution is 2.29. The average molecular weight is 253 g/mol. The number of likely N-dealkylation sites (N-methyl/N-ethyl adjacent to an activating group) is 1. The Morgan fingerprint density at radius 1 is 1.35 bits per heavy atom. The maximum atomic E-state index is 13.0. The van der Waals surface area contributed by atoms with E-state index in [1.54, 1.807) is 6.92 Å². The van der Waals surface area contributed by atoms with E-state index in [-0.39, 0.29) is 6.04 Å². The molecular formula is C11H22F3N3. The van der Waals surface area contributed by atoms with Crippen LogP contribution < -0.4 is 5.73 Å². The number of hydrogen-bond donors (Lipinski definition) is 1. The fourth-order valence-electron chi connectivity index (χ4n) is 2.27. The molecule has 0 saturated carbocycles. The second-order valence-electron chi connectivity index (χ2n) is 4.88. The smallest absolute Gasteiger partial charge is 0.326 e. The standard InChI is InChI=1S/C11H22F3N3/c1-4-9(15)10(11(12,13)14)17-6-5-16(3)8(2)7-17/h8-10H,4-7,15H2,1-3H3. The molecule has 0 aromatic rings. The van der Waals surface area contributed by atoms with Gasteiger partial charge in [0, 0.05) is 31.7 Å². The summed E-state index contributed by atoms with van der Waals surface area (Å²) in [6.07, 6.45) is -3.91. The van der Waals surface area contributed by atoms with E-state index in [0.717, 1.165) is 0 Å². The second-order valence-corrected chi connectivity index (χ2v) is 4.88. The molecule has 1 saturated heterocycles. The van der Waals surface area contributed by atoms with E-state index < -0.39 is 18.3 Å². The second kappa shape index (κ2) is 5.54. The molecule has 6 heteroatoms. The molecule has 1 aliphatic heterocycles. The van der Waals surface area contributed by atoms with Gasteiger partial charge in [0.2, 0.25) is 0 Å². The average Bonchev–Trinajstić information content (AvgIpc) is 2.21. The summed E-state index contributed by atoms with van der Waals surface area (Å²) in [4.78, 5) is 3.56. The Kier molecular flexibility index (Phi) is 4.80. The van der Waals surface area contributed by atoms with Gasteiger partial charge in [0.25, 0.3) is 0 Å². The van der Waals surface area contributed by atoms with Crippen molar-refractivity contribution in [2.75, 3.05) is 26.7 Å². The van der Waals surface area contributed by atoms with Crippen LogP contribution in [-0.2, 0) is 0 Å². The molecule has 0 aromatic carbocycles. The molecule has 1 rings (SSSR count). The number of alkyl halides is 3. The van der Waals surface area contributed by atoms with Gasteiger partial charge in [-0.25, -0.2) is 0 Å². The van der Waals surface area contributed by atoms with Crippen molar-refractivity contribution < 1.29 is 13.2 Å². The number of piperazine rings is 1. The molecule has 3 nitrogen and oxygen atoms in total. The summed E-state index contributed by atoms with van der Waals surface area (Å²) in [5.41, 5.74) is 5.64. The lowest BCUT2D eigenvalue weighted by atomic mass is 10.0. The van der Waals surface area contributed by atoms with Crippen LogP contribution in [0.3, 0.4) is 0 Å². The van der Waals surface area contributed by atoms with E-state index in [0.29, 0.717) is 26.1 Å². The van der Waals surface area contributed by atoms with Gasteiger partial charge in [0.15, 0.2) is 0 Å². The van der Waals surface area contributed by atoms with Gasteiger partial charge in [0.1, 0.15) is 6.04 Å². The van der Waals surface area contributed by atoms with Crippen molar-refractivity contribution in [2.45, 2.75) is 44.6 Å². The topological polar surface area (TPSA) is 32.5 Å². The van der Waals surface area contributed by atoms with Gasteiger partial charge in [0.05, 0.1) is 0 Å². The van der Waals surface area contributed by atoms with E-state index in [9.17, 15) is 13.2 Å². The minimum atomic E-state index is -4.24. The quantitative estimate of drug-likeness (QED) is 0.822. The molecule has 3 atom stereocenters. The monoisotopic (exact) mass is 253 g/mol. The number of hydrogen-bond acceptors (Lipinski definition) is 3. The van der Waals surface area contributed by atoms with E-state index in [2.05, 4.69) is 4.90 Å². The third-order valence-electron chi connectivity index (χ3n) is 3.60. The van der Waals surface area contributed by atoms with Gasteiger partial charge in [-0.15, -0.1) is 0 Å². The first-order valence-electron chi connectivity index (χ1n) is 6.04. The normalized spacial score (nSPS) is 28.1. The number of halogens is 3. The van der Waals surface area contributed by atoms with Gasteiger partial charge >= 0.3 is 6.18 Å². The Morgan fingerprint density at radius 3 is 2.35 bits per heavy atom. The molecule has 0 radical (unpaired) electrons. The van der Waals surface area contributed by atoms with E-state index in [1.165, 1.54) is 4.90 Å². The summed E-state index contributed by atoms with van der Waals surface area (Å²) in [6.45, 7) is 5.15. The van der Waals surface area contributed by atoms with Crippen molar-refractivity contribution >= 4 is 0 Å². The highest BCUT2D eigenvalue weighted by Gasteiger charge is 2.47. The maximum absolute atomic E-state index is 13.0. The van der Waals surface area contributed by atoms with Crippen LogP contribution in [0.5, 0.6) is 0 Å². The minimum absolute atomic E-state index is 0.137. The Morgan fingerprint density at radius 2 is 1.94 bits per heavy atom. The van der Waals surface area contributed by atoms with Crippen LogP contribution in [0.2, 0.25) is 0 Å². The van der Waals surface area contributed by atoms with E-state index in [1.807, 2.05) is 14.0 Å². The first-order valence-corrected chi connectivity index (χ1v) is 6.04. The molecule has 17 heavy (non-hydrogen) atoms. The van der Waals surface area contributed by atoms with Crippen molar-refractivity contribution in [2.24, 2.45) is 5.73 Å². The molecule has 1 heterocycles. The zero-order valence-corrected chi connectivity index (χ0v) is 10.7. The van der Waals surface area contributed by atoms with Gasteiger partial charge in [-0.05, 0) is 20.4 Å². The summed E-state index contributed by atoms with van der Waals surface area (Å²) < 4.78 is 39.1. The fourth-order valence-corrected chi connectivity index (χ4v) is 2.27. The zero-order valence-electron chi connectivity index (χ0n) is 10.7. The van der Waals surface area contributed by atoms with Crippen molar-refractivity contribution in [1.29, 1.82) is 0 Å². The number of nitrogens with two attached hydrogens (primary N) is 1. The minimum Gasteiger partial charge on any atom is -0.326 e. The van der Waals surface area contributed by atoms with Crippen LogP contribution in [0.25, 0.3) is 0 Å². The van der Waals surface area contributed by atoms with Crippen molar-refractivity contribution in [3.05, 3.63) is 0 Å². The first-order chi connectivity index (χ1) is 7.77. The van der Waals surface area contributed by atoms with Crippen LogP contribution in [0.4, 0.5) is 13.2 Å². The Bertz CT molecular complexity index is 245. The van der Waals surface area contributed by atoms with Gasteiger partial charge in [-0.1, -0.05) is 6.92 Å². The van der Waals surface area contributed by atoms with Gasteiger partial charge in [-0.3, -0.25) is 4.90 Å². The predicted octanol–water partition coefficient (Wildman–Crippen LogP) is 1.29. The summed E-state index contributed by atoms with van der Waals surface area (Å²) in [5, 5.41) is 0. The summed E-state index contributed by atoms with van der Waals surface area (Å²) in [7, 11) is 1.93.